The molecule has 0 aliphatic rings. The maximum absolute atomic E-state index is 3.86. The molecule has 22 heavy (non-hydrogen) atoms. The number of hydrogen-bond acceptors (Lipinski definition) is 0. The maximum atomic E-state index is 3.86. The molecule has 0 fully saturated rings. The van der Waals surface area contributed by atoms with Crippen molar-refractivity contribution in [2.24, 2.45) is 0 Å². The normalized spacial score (nSPS) is 11.5. The second-order valence-electron chi connectivity index (χ2n) is 6.65. The molecule has 0 radical (unpaired) electrons. The van der Waals surface area contributed by atoms with Crippen LogP contribution in [0.25, 0.3) is 0 Å². The molecule has 0 saturated carbocycles. The molecule has 0 spiro atoms. The summed E-state index contributed by atoms with van der Waals surface area (Å²) in [5.41, 5.74) is 1.50. The zero-order valence-electron chi connectivity index (χ0n) is 14.9. The number of quaternary nitrogens is 1. The molecule has 0 saturated heterocycles. The second-order valence-corrected chi connectivity index (χ2v) is 6.65. The van der Waals surface area contributed by atoms with Crippen molar-refractivity contribution in [2.75, 3.05) is 19.6 Å². The molecule has 0 N–H and O–H groups in total. The largest absolute Gasteiger partial charge is 0.320 e. The quantitative estimate of drug-likeness (QED) is 0.239. The summed E-state index contributed by atoms with van der Waals surface area (Å²) in [5, 5.41) is 0. The zero-order chi connectivity index (χ0) is 16.1. The van der Waals surface area contributed by atoms with Crippen LogP contribution in [0.2, 0.25) is 0 Å². The Morgan fingerprint density at radius 2 is 1.45 bits per heavy atom. The SMILES string of the molecule is C=CCCCC[N+](CCCC)(CCCC)Cc1ccccc1. The van der Waals surface area contributed by atoms with Crippen molar-refractivity contribution in [1.29, 1.82) is 0 Å². The highest BCUT2D eigenvalue weighted by Crippen LogP contribution is 2.20. The third kappa shape index (κ3) is 7.26. The highest BCUT2D eigenvalue weighted by Gasteiger charge is 2.26. The van der Waals surface area contributed by atoms with Crippen molar-refractivity contribution in [3.05, 3.63) is 48.6 Å². The van der Waals surface area contributed by atoms with Gasteiger partial charge in [-0.25, -0.2) is 0 Å². The highest BCUT2D eigenvalue weighted by atomic mass is 15.3. The van der Waals surface area contributed by atoms with Crippen LogP contribution >= 0.6 is 0 Å². The summed E-state index contributed by atoms with van der Waals surface area (Å²) in [6.45, 7) is 13.7. The van der Waals surface area contributed by atoms with Crippen LogP contribution in [0.15, 0.2) is 43.0 Å². The molecule has 124 valence electrons. The molecule has 0 aliphatic carbocycles. The van der Waals surface area contributed by atoms with Gasteiger partial charge in [0.1, 0.15) is 6.54 Å². The second kappa shape index (κ2) is 11.5. The predicted molar refractivity (Wildman–Crippen MR) is 98.9 cm³/mol. The van der Waals surface area contributed by atoms with Gasteiger partial charge in [0.15, 0.2) is 0 Å². The summed E-state index contributed by atoms with van der Waals surface area (Å²) in [4.78, 5) is 0. The average molecular weight is 303 g/mol. The standard InChI is InChI=1S/C21H36N/c1-4-7-10-14-19-22(17-8-5-2,18-9-6-3)20-21-15-12-11-13-16-21/h4,11-13,15-16H,1,5-10,14,17-20H2,2-3H3/q+1. The van der Waals surface area contributed by atoms with E-state index >= 15 is 0 Å². The van der Waals surface area contributed by atoms with Gasteiger partial charge in [-0.15, -0.1) is 6.58 Å². The van der Waals surface area contributed by atoms with Crippen molar-refractivity contribution in [3.8, 4) is 0 Å². The lowest BCUT2D eigenvalue weighted by atomic mass is 10.1. The van der Waals surface area contributed by atoms with E-state index in [4.69, 9.17) is 0 Å². The van der Waals surface area contributed by atoms with E-state index in [-0.39, 0.29) is 0 Å². The Hall–Kier alpha value is -1.08. The minimum absolute atomic E-state index is 1.16. The van der Waals surface area contributed by atoms with Gasteiger partial charge in [-0.3, -0.25) is 0 Å². The third-order valence-electron chi connectivity index (χ3n) is 4.62. The number of rotatable bonds is 13. The average Bonchev–Trinajstić information content (AvgIpc) is 2.56. The van der Waals surface area contributed by atoms with Crippen molar-refractivity contribution >= 4 is 0 Å². The fourth-order valence-electron chi connectivity index (χ4n) is 3.27. The van der Waals surface area contributed by atoms with E-state index in [0.29, 0.717) is 0 Å². The number of unbranched alkanes of at least 4 members (excludes halogenated alkanes) is 4. The van der Waals surface area contributed by atoms with Gasteiger partial charge >= 0.3 is 0 Å². The molecular weight excluding hydrogens is 266 g/mol. The van der Waals surface area contributed by atoms with Crippen LogP contribution in [-0.4, -0.2) is 24.1 Å². The number of nitrogens with zero attached hydrogens (tertiary/aromatic N) is 1. The van der Waals surface area contributed by atoms with Gasteiger partial charge in [-0.2, -0.15) is 0 Å². The first-order chi connectivity index (χ1) is 10.8. The lowest BCUT2D eigenvalue weighted by Gasteiger charge is -2.39. The maximum Gasteiger partial charge on any atom is 0.104 e. The number of benzene rings is 1. The summed E-state index contributed by atoms with van der Waals surface area (Å²) in [7, 11) is 0. The fourth-order valence-corrected chi connectivity index (χ4v) is 3.27. The van der Waals surface area contributed by atoms with E-state index in [2.05, 4.69) is 56.8 Å². The monoisotopic (exact) mass is 302 g/mol. The molecule has 1 nitrogen and oxygen atoms in total. The Labute approximate surface area is 138 Å². The van der Waals surface area contributed by atoms with Crippen molar-refractivity contribution in [2.45, 2.75) is 65.3 Å². The lowest BCUT2D eigenvalue weighted by molar-refractivity contribution is -0.941. The molecule has 0 unspecified atom stereocenters. The minimum atomic E-state index is 1.16. The molecule has 0 heterocycles. The predicted octanol–water partition coefficient (Wildman–Crippen LogP) is 5.96. The van der Waals surface area contributed by atoms with Crippen LogP contribution in [0.5, 0.6) is 0 Å². The molecule has 0 atom stereocenters. The first-order valence-corrected chi connectivity index (χ1v) is 9.26. The highest BCUT2D eigenvalue weighted by molar-refractivity contribution is 5.13. The van der Waals surface area contributed by atoms with E-state index < -0.39 is 0 Å². The fraction of sp³-hybridized carbons (Fsp3) is 0.619. The third-order valence-corrected chi connectivity index (χ3v) is 4.62. The smallest absolute Gasteiger partial charge is 0.104 e. The van der Waals surface area contributed by atoms with E-state index in [1.54, 1.807) is 0 Å². The van der Waals surface area contributed by atoms with E-state index in [9.17, 15) is 0 Å². The zero-order valence-corrected chi connectivity index (χ0v) is 14.9. The van der Waals surface area contributed by atoms with Gasteiger partial charge in [-0.1, -0.05) is 63.1 Å². The Kier molecular flexibility index (Phi) is 9.90. The molecule has 1 heteroatoms. The van der Waals surface area contributed by atoms with Gasteiger partial charge < -0.3 is 4.48 Å². The van der Waals surface area contributed by atoms with Gasteiger partial charge in [0.25, 0.3) is 0 Å². The molecule has 1 rings (SSSR count). The minimum Gasteiger partial charge on any atom is -0.320 e. The van der Waals surface area contributed by atoms with Crippen molar-refractivity contribution in [3.63, 3.8) is 0 Å². The Bertz CT molecular complexity index is 374. The Morgan fingerprint density at radius 3 is 2.00 bits per heavy atom. The Balaban J connectivity index is 2.78. The molecular formula is C21H36N+. The van der Waals surface area contributed by atoms with E-state index in [1.165, 1.54) is 74.8 Å². The van der Waals surface area contributed by atoms with Crippen LogP contribution < -0.4 is 0 Å². The first kappa shape index (κ1) is 19.0. The van der Waals surface area contributed by atoms with Crippen molar-refractivity contribution in [1.82, 2.24) is 0 Å². The number of hydrogen-bond donors (Lipinski definition) is 0. The lowest BCUT2D eigenvalue weighted by Crippen LogP contribution is -2.49. The van der Waals surface area contributed by atoms with E-state index in [0.717, 1.165) is 6.42 Å². The summed E-state index contributed by atoms with van der Waals surface area (Å²) in [5.74, 6) is 0. The van der Waals surface area contributed by atoms with Crippen LogP contribution in [0.1, 0.15) is 64.4 Å². The van der Waals surface area contributed by atoms with Crippen LogP contribution in [0.3, 0.4) is 0 Å². The summed E-state index contributed by atoms with van der Waals surface area (Å²) < 4.78 is 1.28. The summed E-state index contributed by atoms with van der Waals surface area (Å²) >= 11 is 0. The van der Waals surface area contributed by atoms with Crippen LogP contribution in [0.4, 0.5) is 0 Å². The molecule has 0 aliphatic heterocycles. The van der Waals surface area contributed by atoms with Gasteiger partial charge in [0.05, 0.1) is 19.6 Å². The molecule has 0 aromatic heterocycles. The van der Waals surface area contributed by atoms with Crippen molar-refractivity contribution < 1.29 is 4.48 Å². The van der Waals surface area contributed by atoms with Gasteiger partial charge in [-0.05, 0) is 32.1 Å². The van der Waals surface area contributed by atoms with Crippen LogP contribution in [0, 0.1) is 0 Å². The molecule has 0 bridgehead atoms. The van der Waals surface area contributed by atoms with Crippen LogP contribution in [-0.2, 0) is 6.54 Å². The topological polar surface area (TPSA) is 0 Å². The summed E-state index contributed by atoms with van der Waals surface area (Å²) in [6, 6.07) is 11.1. The summed E-state index contributed by atoms with van der Waals surface area (Å²) in [6.07, 6.45) is 11.1. The van der Waals surface area contributed by atoms with E-state index in [1.807, 2.05) is 0 Å². The first-order valence-electron chi connectivity index (χ1n) is 9.26. The van der Waals surface area contributed by atoms with Gasteiger partial charge in [0, 0.05) is 5.56 Å². The Morgan fingerprint density at radius 1 is 0.864 bits per heavy atom. The molecule has 0 amide bonds. The number of allylic oxidation sites excluding steroid dienone is 1. The molecule has 1 aromatic rings. The van der Waals surface area contributed by atoms with Gasteiger partial charge in [0.2, 0.25) is 0 Å². The molecule has 1 aromatic carbocycles.